The molecule has 0 aromatic heterocycles. The number of phosphoric acid groups is 1. The lowest BCUT2D eigenvalue weighted by molar-refractivity contribution is -0.870. The SMILES string of the molecule is CCCCCC[C@H]1C[C@H]1CCCCCCCCCC(=O)OC[C@H](COP(=O)([O-])OCC[N+](C)(C)C)OCc1ccccc1. The van der Waals surface area contributed by atoms with Crippen LogP contribution in [-0.2, 0) is 34.5 Å². The number of hydrogen-bond donors (Lipinski definition) is 0. The number of phosphoric ester groups is 1. The van der Waals surface area contributed by atoms with Crippen LogP contribution in [0, 0.1) is 11.8 Å². The van der Waals surface area contributed by atoms with Gasteiger partial charge in [-0.1, -0.05) is 114 Å². The number of quaternary nitrogens is 1. The molecule has 0 spiro atoms. The molecule has 248 valence electrons. The zero-order chi connectivity index (χ0) is 31.4. The number of ether oxygens (including phenoxy) is 2. The molecule has 0 N–H and O–H groups in total. The lowest BCUT2D eigenvalue weighted by atomic mass is 10.0. The van der Waals surface area contributed by atoms with E-state index in [1.165, 1.54) is 70.6 Å². The van der Waals surface area contributed by atoms with E-state index in [4.69, 9.17) is 18.5 Å². The molecule has 43 heavy (non-hydrogen) atoms. The second-order valence-corrected chi connectivity index (χ2v) is 14.7. The van der Waals surface area contributed by atoms with Gasteiger partial charge in [0.1, 0.15) is 25.9 Å². The van der Waals surface area contributed by atoms with Crippen LogP contribution in [0.1, 0.15) is 109 Å². The summed E-state index contributed by atoms with van der Waals surface area (Å²) in [7, 11) is 1.34. The number of unbranched alkanes of at least 4 members (excludes halogenated alkanes) is 9. The highest BCUT2D eigenvalue weighted by Gasteiger charge is 2.35. The Kier molecular flexibility index (Phi) is 18.9. The molecule has 1 fully saturated rings. The standard InChI is InChI=1S/C34H60NO7P/c1-5-6-7-16-21-31-26-32(31)22-17-11-9-8-10-12-18-23-34(36)40-28-33(39-27-30-19-14-13-15-20-30)29-42-43(37,38)41-25-24-35(2,3)4/h13-15,19-20,31-33H,5-12,16-18,21-29H2,1-4H3/t31-,32+,33+/m0/s1. The Morgan fingerprint density at radius 1 is 0.884 bits per heavy atom. The van der Waals surface area contributed by atoms with Gasteiger partial charge in [0.15, 0.2) is 0 Å². The van der Waals surface area contributed by atoms with Crippen molar-refractivity contribution in [1.29, 1.82) is 0 Å². The lowest BCUT2D eigenvalue weighted by Crippen LogP contribution is -2.37. The predicted octanol–water partition coefficient (Wildman–Crippen LogP) is 7.44. The Labute approximate surface area is 262 Å². The number of hydrogen-bond acceptors (Lipinski definition) is 7. The summed E-state index contributed by atoms with van der Waals surface area (Å²) >= 11 is 0. The Morgan fingerprint density at radius 3 is 2.12 bits per heavy atom. The summed E-state index contributed by atoms with van der Waals surface area (Å²) in [6.45, 7) is 2.70. The highest BCUT2D eigenvalue weighted by molar-refractivity contribution is 7.45. The van der Waals surface area contributed by atoms with Crippen molar-refractivity contribution in [3.05, 3.63) is 35.9 Å². The molecule has 8 nitrogen and oxygen atoms in total. The van der Waals surface area contributed by atoms with Crippen LogP contribution in [0.4, 0.5) is 0 Å². The molecule has 2 rings (SSSR count). The largest absolute Gasteiger partial charge is 0.756 e. The Morgan fingerprint density at radius 2 is 1.49 bits per heavy atom. The molecule has 1 unspecified atom stereocenters. The van der Waals surface area contributed by atoms with Gasteiger partial charge in [-0.3, -0.25) is 9.36 Å². The van der Waals surface area contributed by atoms with Crippen LogP contribution in [0.3, 0.4) is 0 Å². The number of carbonyl (C=O) groups excluding carboxylic acids is 1. The predicted molar refractivity (Wildman–Crippen MR) is 170 cm³/mol. The third-order valence-electron chi connectivity index (χ3n) is 8.14. The monoisotopic (exact) mass is 625 g/mol. The van der Waals surface area contributed by atoms with Gasteiger partial charge in [0.05, 0.1) is 34.4 Å². The molecule has 0 aliphatic heterocycles. The quantitative estimate of drug-likeness (QED) is 0.0434. The number of esters is 1. The fourth-order valence-corrected chi connectivity index (χ4v) is 5.97. The minimum absolute atomic E-state index is 0.0228. The lowest BCUT2D eigenvalue weighted by Gasteiger charge is -2.28. The summed E-state index contributed by atoms with van der Waals surface area (Å²) in [5.41, 5.74) is 0.929. The third-order valence-corrected chi connectivity index (χ3v) is 9.11. The van der Waals surface area contributed by atoms with Gasteiger partial charge in [-0.15, -0.1) is 0 Å². The van der Waals surface area contributed by atoms with E-state index in [1.54, 1.807) is 0 Å². The van der Waals surface area contributed by atoms with Crippen molar-refractivity contribution in [3.8, 4) is 0 Å². The van der Waals surface area contributed by atoms with Crippen molar-refractivity contribution in [3.63, 3.8) is 0 Å². The molecular formula is C34H60NO7P. The first-order valence-corrected chi connectivity index (χ1v) is 18.3. The van der Waals surface area contributed by atoms with Crippen molar-refractivity contribution in [2.24, 2.45) is 11.8 Å². The van der Waals surface area contributed by atoms with E-state index in [0.29, 0.717) is 17.4 Å². The first-order chi connectivity index (χ1) is 20.6. The van der Waals surface area contributed by atoms with E-state index >= 15 is 0 Å². The van der Waals surface area contributed by atoms with Crippen LogP contribution in [0.2, 0.25) is 0 Å². The Balaban J connectivity index is 1.56. The summed E-state index contributed by atoms with van der Waals surface area (Å²) in [6.07, 6.45) is 17.6. The van der Waals surface area contributed by atoms with Crippen molar-refractivity contribution in [1.82, 2.24) is 0 Å². The van der Waals surface area contributed by atoms with Crippen molar-refractivity contribution in [2.75, 3.05) is 47.5 Å². The number of carbonyl (C=O) groups is 1. The van der Waals surface area contributed by atoms with Crippen molar-refractivity contribution < 1.29 is 37.3 Å². The van der Waals surface area contributed by atoms with Gasteiger partial charge in [-0.05, 0) is 30.2 Å². The maximum absolute atomic E-state index is 12.4. The van der Waals surface area contributed by atoms with Gasteiger partial charge in [0.2, 0.25) is 0 Å². The minimum Gasteiger partial charge on any atom is -0.756 e. The molecule has 9 heteroatoms. The number of rotatable bonds is 27. The van der Waals surface area contributed by atoms with E-state index < -0.39 is 13.9 Å². The summed E-state index contributed by atoms with van der Waals surface area (Å²) in [5.74, 6) is 1.74. The summed E-state index contributed by atoms with van der Waals surface area (Å²) in [5, 5.41) is 0. The number of nitrogens with zero attached hydrogens (tertiary/aromatic N) is 1. The summed E-state index contributed by atoms with van der Waals surface area (Å²) in [6, 6.07) is 9.53. The van der Waals surface area contributed by atoms with Crippen LogP contribution in [-0.4, -0.2) is 64.1 Å². The van der Waals surface area contributed by atoms with Gasteiger partial charge in [0.25, 0.3) is 7.82 Å². The van der Waals surface area contributed by atoms with Crippen LogP contribution < -0.4 is 4.89 Å². The molecule has 0 radical (unpaired) electrons. The fourth-order valence-electron chi connectivity index (χ4n) is 5.24. The molecule has 0 bridgehead atoms. The number of likely N-dealkylation sites (N-methyl/N-ethyl adjacent to an activating group) is 1. The normalized spacial score (nSPS) is 18.7. The van der Waals surface area contributed by atoms with Gasteiger partial charge < -0.3 is 27.9 Å². The van der Waals surface area contributed by atoms with Crippen LogP contribution in [0.15, 0.2) is 30.3 Å². The third kappa shape index (κ3) is 20.4. The van der Waals surface area contributed by atoms with Gasteiger partial charge in [-0.25, -0.2) is 0 Å². The van der Waals surface area contributed by atoms with Crippen molar-refractivity contribution in [2.45, 2.75) is 116 Å². The van der Waals surface area contributed by atoms with E-state index in [1.807, 2.05) is 51.5 Å². The second-order valence-electron chi connectivity index (χ2n) is 13.3. The van der Waals surface area contributed by atoms with E-state index in [-0.39, 0.29) is 32.4 Å². The highest BCUT2D eigenvalue weighted by Crippen LogP contribution is 2.45. The first-order valence-electron chi connectivity index (χ1n) is 16.8. The molecule has 0 heterocycles. The fraction of sp³-hybridized carbons (Fsp3) is 0.794. The van der Waals surface area contributed by atoms with E-state index in [0.717, 1.165) is 36.7 Å². The number of benzene rings is 1. The van der Waals surface area contributed by atoms with Crippen LogP contribution in [0.5, 0.6) is 0 Å². The summed E-state index contributed by atoms with van der Waals surface area (Å²) < 4.78 is 34.2. The first kappa shape index (κ1) is 37.9. The molecule has 1 saturated carbocycles. The average Bonchev–Trinajstić information content (AvgIpc) is 3.71. The molecule has 1 aromatic rings. The molecule has 1 aliphatic carbocycles. The van der Waals surface area contributed by atoms with E-state index in [9.17, 15) is 14.3 Å². The minimum atomic E-state index is -4.50. The molecule has 1 aliphatic rings. The summed E-state index contributed by atoms with van der Waals surface area (Å²) in [4.78, 5) is 24.6. The Bertz CT molecular complexity index is 908. The topological polar surface area (TPSA) is 94.1 Å². The molecular weight excluding hydrogens is 565 g/mol. The zero-order valence-corrected chi connectivity index (χ0v) is 28.4. The molecule has 4 atom stereocenters. The highest BCUT2D eigenvalue weighted by atomic mass is 31.2. The second kappa shape index (κ2) is 21.5. The van der Waals surface area contributed by atoms with Gasteiger partial charge in [-0.2, -0.15) is 0 Å². The van der Waals surface area contributed by atoms with Crippen LogP contribution in [0.25, 0.3) is 0 Å². The maximum atomic E-state index is 12.4. The van der Waals surface area contributed by atoms with E-state index in [2.05, 4.69) is 6.92 Å². The Hall–Kier alpha value is -1.28. The smallest absolute Gasteiger partial charge is 0.305 e. The maximum Gasteiger partial charge on any atom is 0.305 e. The van der Waals surface area contributed by atoms with Crippen molar-refractivity contribution >= 4 is 13.8 Å². The molecule has 0 saturated heterocycles. The molecule has 0 amide bonds. The van der Waals surface area contributed by atoms with Gasteiger partial charge >= 0.3 is 5.97 Å². The van der Waals surface area contributed by atoms with Crippen LogP contribution >= 0.6 is 7.82 Å². The zero-order valence-electron chi connectivity index (χ0n) is 27.5. The van der Waals surface area contributed by atoms with Gasteiger partial charge in [0, 0.05) is 6.42 Å². The molecule has 1 aromatic carbocycles. The average molecular weight is 626 g/mol.